The molecule has 176 valence electrons. The van der Waals surface area contributed by atoms with E-state index >= 15 is 0 Å². The van der Waals surface area contributed by atoms with E-state index < -0.39 is 29.9 Å². The molecule has 0 aliphatic rings. The monoisotopic (exact) mass is 454 g/mol. The van der Waals surface area contributed by atoms with Gasteiger partial charge in [0.2, 0.25) is 11.8 Å². The Morgan fingerprint density at radius 1 is 0.970 bits per heavy atom. The second-order valence-electron chi connectivity index (χ2n) is 7.61. The normalized spacial score (nSPS) is 12.4. The molecule has 0 bridgehead atoms. The smallest absolute Gasteiger partial charge is 0.303 e. The highest BCUT2D eigenvalue weighted by molar-refractivity contribution is 5.95. The van der Waals surface area contributed by atoms with Crippen molar-refractivity contribution in [3.8, 4) is 0 Å². The maximum atomic E-state index is 12.9. The van der Waals surface area contributed by atoms with Gasteiger partial charge in [-0.15, -0.1) is 0 Å². The van der Waals surface area contributed by atoms with Gasteiger partial charge in [-0.25, -0.2) is 0 Å². The molecule has 1 unspecified atom stereocenters. The Morgan fingerprint density at radius 3 is 2.12 bits per heavy atom. The lowest BCUT2D eigenvalue weighted by atomic mass is 10.0. The van der Waals surface area contributed by atoms with Crippen molar-refractivity contribution in [2.24, 2.45) is 5.73 Å². The zero-order valence-corrected chi connectivity index (χ0v) is 18.4. The van der Waals surface area contributed by atoms with Crippen LogP contribution in [-0.2, 0) is 27.3 Å². The van der Waals surface area contributed by atoms with Crippen molar-refractivity contribution in [1.29, 1.82) is 5.41 Å². The number of benzene rings is 2. The van der Waals surface area contributed by atoms with Gasteiger partial charge in [0.25, 0.3) is 0 Å². The molecule has 0 aromatic heterocycles. The third-order valence-corrected chi connectivity index (χ3v) is 5.10. The highest BCUT2D eigenvalue weighted by atomic mass is 16.4. The van der Waals surface area contributed by atoms with Crippen LogP contribution in [0.5, 0.6) is 0 Å². The molecule has 2 amide bonds. The largest absolute Gasteiger partial charge is 0.481 e. The fourth-order valence-electron chi connectivity index (χ4n) is 3.14. The number of carboxylic acid groups (broad SMARTS) is 1. The van der Waals surface area contributed by atoms with Crippen LogP contribution in [0.4, 0.5) is 5.69 Å². The summed E-state index contributed by atoms with van der Waals surface area (Å²) in [5, 5.41) is 24.8. The topological polar surface area (TPSA) is 183 Å². The minimum Gasteiger partial charge on any atom is -0.481 e. The summed E-state index contributed by atoms with van der Waals surface area (Å²) in [7, 11) is 1.63. The summed E-state index contributed by atoms with van der Waals surface area (Å²) in [6.45, 7) is 0.219. The van der Waals surface area contributed by atoms with Crippen molar-refractivity contribution in [3.05, 3.63) is 65.2 Å². The van der Waals surface area contributed by atoms with Crippen LogP contribution in [0.2, 0.25) is 0 Å². The lowest BCUT2D eigenvalue weighted by Gasteiger charge is -2.22. The molecule has 2 aromatic rings. The van der Waals surface area contributed by atoms with Crippen LogP contribution < -0.4 is 27.4 Å². The van der Waals surface area contributed by atoms with Crippen molar-refractivity contribution in [1.82, 2.24) is 16.0 Å². The van der Waals surface area contributed by atoms with Crippen molar-refractivity contribution in [3.63, 3.8) is 0 Å². The summed E-state index contributed by atoms with van der Waals surface area (Å²) in [5.74, 6) is -2.00. The van der Waals surface area contributed by atoms with Gasteiger partial charge in [-0.3, -0.25) is 19.8 Å². The lowest BCUT2D eigenvalue weighted by Crippen LogP contribution is -2.52. The average molecular weight is 455 g/mol. The van der Waals surface area contributed by atoms with Crippen LogP contribution in [0.15, 0.2) is 48.5 Å². The molecule has 0 radical (unpaired) electrons. The van der Waals surface area contributed by atoms with Gasteiger partial charge in [0.1, 0.15) is 11.9 Å². The van der Waals surface area contributed by atoms with Crippen molar-refractivity contribution in [2.45, 2.75) is 37.9 Å². The number of anilines is 1. The number of likely N-dealkylation sites (N-methyl/N-ethyl adjacent to an activating group) is 1. The summed E-state index contributed by atoms with van der Waals surface area (Å²) in [4.78, 5) is 36.6. The van der Waals surface area contributed by atoms with E-state index in [1.165, 1.54) is 0 Å². The van der Waals surface area contributed by atoms with Crippen LogP contribution >= 0.6 is 0 Å². The number of carbonyl (C=O) groups is 3. The van der Waals surface area contributed by atoms with E-state index in [9.17, 15) is 14.4 Å². The number of nitrogens with two attached hydrogens (primary N) is 2. The van der Waals surface area contributed by atoms with E-state index in [4.69, 9.17) is 22.0 Å². The highest BCUT2D eigenvalue weighted by Gasteiger charge is 2.25. The molecule has 0 spiro atoms. The van der Waals surface area contributed by atoms with Gasteiger partial charge in [0.05, 0.1) is 6.04 Å². The Hall–Kier alpha value is -3.92. The number of carbonyl (C=O) groups excluding carboxylic acids is 2. The number of amidine groups is 1. The molecule has 0 saturated carbocycles. The molecule has 9 N–H and O–H groups in total. The Labute approximate surface area is 192 Å². The van der Waals surface area contributed by atoms with Gasteiger partial charge in [0, 0.05) is 24.2 Å². The fraction of sp³-hybridized carbons (Fsp3) is 0.304. The first-order chi connectivity index (χ1) is 15.7. The summed E-state index contributed by atoms with van der Waals surface area (Å²) >= 11 is 0. The van der Waals surface area contributed by atoms with Gasteiger partial charge >= 0.3 is 5.97 Å². The quantitative estimate of drug-likeness (QED) is 0.137. The van der Waals surface area contributed by atoms with E-state index in [0.717, 1.165) is 11.1 Å². The molecule has 33 heavy (non-hydrogen) atoms. The summed E-state index contributed by atoms with van der Waals surface area (Å²) in [6, 6.07) is 12.3. The van der Waals surface area contributed by atoms with Gasteiger partial charge < -0.3 is 32.5 Å². The zero-order valence-electron chi connectivity index (χ0n) is 18.4. The minimum absolute atomic E-state index is 0.0433. The van der Waals surface area contributed by atoms with Crippen LogP contribution in [0.1, 0.15) is 29.5 Å². The number of hydrogen-bond acceptors (Lipinski definition) is 6. The van der Waals surface area contributed by atoms with Gasteiger partial charge in [0.15, 0.2) is 0 Å². The summed E-state index contributed by atoms with van der Waals surface area (Å²) in [5.41, 5.74) is 14.0. The van der Waals surface area contributed by atoms with Crippen molar-refractivity contribution in [2.75, 3.05) is 12.8 Å². The Morgan fingerprint density at radius 2 is 1.58 bits per heavy atom. The molecule has 0 aliphatic heterocycles. The lowest BCUT2D eigenvalue weighted by molar-refractivity contribution is -0.138. The minimum atomic E-state index is -1.06. The van der Waals surface area contributed by atoms with Crippen LogP contribution in [-0.4, -0.2) is 47.9 Å². The van der Waals surface area contributed by atoms with E-state index in [2.05, 4.69) is 16.0 Å². The van der Waals surface area contributed by atoms with E-state index in [1.54, 1.807) is 55.6 Å². The number of rotatable bonds is 12. The number of hydrogen-bond donors (Lipinski definition) is 7. The molecule has 2 atom stereocenters. The first-order valence-electron chi connectivity index (χ1n) is 10.4. The molecular formula is C23H30N6O4. The van der Waals surface area contributed by atoms with Gasteiger partial charge in [-0.1, -0.05) is 36.4 Å². The van der Waals surface area contributed by atoms with Crippen molar-refractivity contribution >= 4 is 29.3 Å². The molecule has 2 aromatic carbocycles. The Kier molecular flexibility index (Phi) is 9.37. The zero-order chi connectivity index (χ0) is 24.4. The first kappa shape index (κ1) is 25.3. The number of aliphatic carboxylic acids is 1. The Balaban J connectivity index is 2.03. The number of nitrogens with one attached hydrogen (secondary N) is 4. The SMILES string of the molecule is CNC(Cc1ccc(C(=N)N)cc1)C(=O)N[C@@H](CCC(=O)O)C(=O)NCc1ccc(N)cc1. The third-order valence-electron chi connectivity index (χ3n) is 5.10. The van der Waals surface area contributed by atoms with Crippen LogP contribution in [0.3, 0.4) is 0 Å². The maximum Gasteiger partial charge on any atom is 0.303 e. The number of amides is 2. The number of carboxylic acids is 1. The van der Waals surface area contributed by atoms with Gasteiger partial charge in [-0.05, 0) is 43.1 Å². The second-order valence-corrected chi connectivity index (χ2v) is 7.61. The second kappa shape index (κ2) is 12.2. The maximum absolute atomic E-state index is 12.9. The third kappa shape index (κ3) is 8.26. The van der Waals surface area contributed by atoms with Crippen LogP contribution in [0.25, 0.3) is 0 Å². The standard InChI is InChI=1S/C23H30N6O4/c1-27-19(12-14-2-6-16(7-3-14)21(25)26)23(33)29-18(10-11-20(30)31)22(32)28-13-15-4-8-17(24)9-5-15/h2-9,18-19,27H,10-13,24H2,1H3,(H3,25,26)(H,28,32)(H,29,33)(H,30,31)/t18-,19?/m0/s1. The molecule has 0 aliphatic carbocycles. The first-order valence-corrected chi connectivity index (χ1v) is 10.4. The molecule has 10 heteroatoms. The molecule has 2 rings (SSSR count). The van der Waals surface area contributed by atoms with E-state index in [0.29, 0.717) is 17.7 Å². The predicted octanol–water partition coefficient (Wildman–Crippen LogP) is 0.349. The Bertz CT molecular complexity index is 975. The highest BCUT2D eigenvalue weighted by Crippen LogP contribution is 2.09. The molecule has 0 saturated heterocycles. The average Bonchev–Trinajstić information content (AvgIpc) is 2.79. The van der Waals surface area contributed by atoms with Gasteiger partial charge in [-0.2, -0.15) is 0 Å². The summed E-state index contributed by atoms with van der Waals surface area (Å²) in [6.07, 6.45) is 0.0224. The number of nitrogen functional groups attached to an aromatic ring is 2. The van der Waals surface area contributed by atoms with E-state index in [-0.39, 0.29) is 25.2 Å². The van der Waals surface area contributed by atoms with Crippen LogP contribution in [0, 0.1) is 5.41 Å². The molecule has 0 heterocycles. The molecule has 0 fully saturated rings. The summed E-state index contributed by atoms with van der Waals surface area (Å²) < 4.78 is 0. The van der Waals surface area contributed by atoms with Crippen molar-refractivity contribution < 1.29 is 19.5 Å². The molecule has 10 nitrogen and oxygen atoms in total. The molecular weight excluding hydrogens is 424 g/mol. The van der Waals surface area contributed by atoms with E-state index in [1.807, 2.05) is 0 Å². The fourth-order valence-corrected chi connectivity index (χ4v) is 3.14. The predicted molar refractivity (Wildman–Crippen MR) is 126 cm³/mol.